The molecule has 2 aromatic rings. The number of aromatic hydroxyl groups is 4. The third-order valence-corrected chi connectivity index (χ3v) is 2.66. The molecule has 0 bridgehead atoms. The van der Waals surface area contributed by atoms with Gasteiger partial charge in [-0.1, -0.05) is 0 Å². The Kier molecular flexibility index (Phi) is 4.24. The smallest absolute Gasteiger partial charge is 0.161 e. The van der Waals surface area contributed by atoms with E-state index < -0.39 is 6.23 Å². The number of ether oxygens (including phenoxy) is 1. The van der Waals surface area contributed by atoms with Gasteiger partial charge in [0.2, 0.25) is 0 Å². The lowest BCUT2D eigenvalue weighted by atomic mass is 10.2. The zero-order valence-electron chi connectivity index (χ0n) is 10.9. The molecule has 6 N–H and O–H groups in total. The molecule has 0 radical (unpaired) electrons. The number of phenols is 4. The molecule has 112 valence electrons. The fourth-order valence-electron chi connectivity index (χ4n) is 1.62. The van der Waals surface area contributed by atoms with Crippen molar-refractivity contribution in [1.82, 2.24) is 0 Å². The normalized spacial score (nSPS) is 11.9. The van der Waals surface area contributed by atoms with E-state index in [4.69, 9.17) is 14.9 Å². The second-order valence-electron chi connectivity index (χ2n) is 4.33. The summed E-state index contributed by atoms with van der Waals surface area (Å²) in [4.78, 5) is 0. The molecule has 1 unspecified atom stereocenters. The monoisotopic (exact) mass is 293 g/mol. The van der Waals surface area contributed by atoms with E-state index in [1.54, 1.807) is 0 Å². The molecule has 0 aliphatic carbocycles. The predicted octanol–water partition coefficient (Wildman–Crippen LogP) is 1.32. The van der Waals surface area contributed by atoms with Crippen molar-refractivity contribution in [2.45, 2.75) is 6.23 Å². The van der Waals surface area contributed by atoms with Crippen LogP contribution in [0.4, 0.5) is 5.69 Å². The van der Waals surface area contributed by atoms with Gasteiger partial charge in [0.15, 0.2) is 29.2 Å². The highest BCUT2D eigenvalue weighted by molar-refractivity contribution is 5.53. The molecule has 0 fully saturated rings. The van der Waals surface area contributed by atoms with Gasteiger partial charge in [-0.15, -0.1) is 0 Å². The fourth-order valence-corrected chi connectivity index (χ4v) is 1.62. The van der Waals surface area contributed by atoms with E-state index in [1.807, 2.05) is 0 Å². The van der Waals surface area contributed by atoms with Gasteiger partial charge in [-0.05, 0) is 24.3 Å². The summed E-state index contributed by atoms with van der Waals surface area (Å²) in [7, 11) is 0. The summed E-state index contributed by atoms with van der Waals surface area (Å²) in [5.41, 5.74) is 0.398. The van der Waals surface area contributed by atoms with Crippen molar-refractivity contribution < 1.29 is 30.3 Å². The molecule has 0 saturated carbocycles. The first-order valence-electron chi connectivity index (χ1n) is 6.07. The second-order valence-corrected chi connectivity index (χ2v) is 4.33. The lowest BCUT2D eigenvalue weighted by Gasteiger charge is -2.15. The van der Waals surface area contributed by atoms with Crippen molar-refractivity contribution in [3.63, 3.8) is 0 Å². The Balaban J connectivity index is 1.90. The summed E-state index contributed by atoms with van der Waals surface area (Å²) in [5, 5.41) is 49.4. The van der Waals surface area contributed by atoms with E-state index in [1.165, 1.54) is 36.4 Å². The van der Waals surface area contributed by atoms with E-state index in [9.17, 15) is 15.3 Å². The van der Waals surface area contributed by atoms with Crippen molar-refractivity contribution in [2.24, 2.45) is 0 Å². The van der Waals surface area contributed by atoms with E-state index in [2.05, 4.69) is 5.32 Å². The van der Waals surface area contributed by atoms with Gasteiger partial charge in [-0.25, -0.2) is 0 Å². The molecule has 7 heteroatoms. The largest absolute Gasteiger partial charge is 0.504 e. The Bertz CT molecular complexity index is 631. The summed E-state index contributed by atoms with van der Waals surface area (Å²) in [6.45, 7) is -0.133. The van der Waals surface area contributed by atoms with Crippen molar-refractivity contribution in [3.05, 3.63) is 36.4 Å². The standard InChI is InChI=1S/C14H15NO6/c16-10-3-1-8(5-12(10)18)15-14(20)7-21-9-2-4-11(17)13(19)6-9/h1-6,14-20H,7H2. The maximum atomic E-state index is 9.76. The maximum Gasteiger partial charge on any atom is 0.161 e. The molecule has 0 saturated heterocycles. The van der Waals surface area contributed by atoms with Gasteiger partial charge in [0.1, 0.15) is 12.4 Å². The molecular formula is C14H15NO6. The number of aliphatic hydroxyl groups is 1. The van der Waals surface area contributed by atoms with Crippen LogP contribution < -0.4 is 10.1 Å². The van der Waals surface area contributed by atoms with Crippen molar-refractivity contribution in [2.75, 3.05) is 11.9 Å². The van der Waals surface area contributed by atoms with Gasteiger partial charge in [-0.3, -0.25) is 0 Å². The van der Waals surface area contributed by atoms with Gasteiger partial charge in [0, 0.05) is 17.8 Å². The molecule has 1 atom stereocenters. The number of hydrogen-bond acceptors (Lipinski definition) is 7. The van der Waals surface area contributed by atoms with Crippen LogP contribution >= 0.6 is 0 Å². The minimum absolute atomic E-state index is 0.133. The molecule has 21 heavy (non-hydrogen) atoms. The maximum absolute atomic E-state index is 9.76. The number of hydrogen-bond donors (Lipinski definition) is 6. The topological polar surface area (TPSA) is 122 Å². The van der Waals surface area contributed by atoms with E-state index in [0.29, 0.717) is 5.69 Å². The average Bonchev–Trinajstić information content (AvgIpc) is 2.44. The number of phenolic OH excluding ortho intramolecular Hbond substituents is 4. The van der Waals surface area contributed by atoms with Crippen molar-refractivity contribution in [3.8, 4) is 28.7 Å². The first-order chi connectivity index (χ1) is 9.95. The minimum Gasteiger partial charge on any atom is -0.504 e. The van der Waals surface area contributed by atoms with Gasteiger partial charge in [0.05, 0.1) is 0 Å². The van der Waals surface area contributed by atoms with Crippen LogP contribution in [0, 0.1) is 0 Å². The Morgan fingerprint density at radius 1 is 0.857 bits per heavy atom. The third kappa shape index (κ3) is 3.83. The summed E-state index contributed by atoms with van der Waals surface area (Å²) in [6.07, 6.45) is -1.08. The Labute approximate surface area is 120 Å². The second kappa shape index (κ2) is 6.10. The highest BCUT2D eigenvalue weighted by atomic mass is 16.5. The van der Waals surface area contributed by atoms with Crippen molar-refractivity contribution in [1.29, 1.82) is 0 Å². The minimum atomic E-state index is -1.08. The highest BCUT2D eigenvalue weighted by Gasteiger charge is 2.08. The fraction of sp³-hybridized carbons (Fsp3) is 0.143. The molecule has 2 rings (SSSR count). The lowest BCUT2D eigenvalue weighted by molar-refractivity contribution is 0.129. The number of benzene rings is 2. The predicted molar refractivity (Wildman–Crippen MR) is 74.7 cm³/mol. The molecular weight excluding hydrogens is 278 g/mol. The van der Waals surface area contributed by atoms with Gasteiger partial charge < -0.3 is 35.6 Å². The summed E-state index contributed by atoms with van der Waals surface area (Å²) < 4.78 is 5.23. The number of aliphatic hydroxyl groups excluding tert-OH is 1. The summed E-state index contributed by atoms with van der Waals surface area (Å²) in [6, 6.07) is 7.93. The molecule has 0 aliphatic heterocycles. The average molecular weight is 293 g/mol. The SMILES string of the molecule is Oc1ccc(NC(O)COc2ccc(O)c(O)c2)cc1O. The van der Waals surface area contributed by atoms with E-state index >= 15 is 0 Å². The Hall–Kier alpha value is -2.80. The summed E-state index contributed by atoms with van der Waals surface area (Å²) in [5.74, 6) is -0.874. The number of nitrogens with one attached hydrogen (secondary N) is 1. The van der Waals surface area contributed by atoms with Crippen LogP contribution in [0.5, 0.6) is 28.7 Å². The first-order valence-corrected chi connectivity index (χ1v) is 6.07. The molecule has 0 aromatic heterocycles. The van der Waals surface area contributed by atoms with Crippen LogP contribution in [0.2, 0.25) is 0 Å². The van der Waals surface area contributed by atoms with Crippen molar-refractivity contribution >= 4 is 5.69 Å². The zero-order valence-corrected chi connectivity index (χ0v) is 10.9. The molecule has 2 aromatic carbocycles. The van der Waals surface area contributed by atoms with Crippen LogP contribution in [0.3, 0.4) is 0 Å². The molecule has 0 spiro atoms. The number of rotatable bonds is 5. The molecule has 7 nitrogen and oxygen atoms in total. The third-order valence-electron chi connectivity index (χ3n) is 2.66. The van der Waals surface area contributed by atoms with Gasteiger partial charge in [-0.2, -0.15) is 0 Å². The van der Waals surface area contributed by atoms with Crippen LogP contribution in [0.25, 0.3) is 0 Å². The van der Waals surface area contributed by atoms with Crippen LogP contribution in [0.15, 0.2) is 36.4 Å². The quantitative estimate of drug-likeness (QED) is 0.279. The van der Waals surface area contributed by atoms with Crippen LogP contribution in [-0.4, -0.2) is 38.4 Å². The summed E-state index contributed by atoms with van der Waals surface area (Å²) >= 11 is 0. The zero-order chi connectivity index (χ0) is 15.4. The molecule has 0 aliphatic rings. The Morgan fingerprint density at radius 3 is 2.10 bits per heavy atom. The van der Waals surface area contributed by atoms with Crippen LogP contribution in [-0.2, 0) is 0 Å². The van der Waals surface area contributed by atoms with Gasteiger partial charge in [0.25, 0.3) is 0 Å². The number of anilines is 1. The van der Waals surface area contributed by atoms with Crippen LogP contribution in [0.1, 0.15) is 0 Å². The first kappa shape index (κ1) is 14.6. The van der Waals surface area contributed by atoms with E-state index in [-0.39, 0.29) is 35.4 Å². The highest BCUT2D eigenvalue weighted by Crippen LogP contribution is 2.29. The molecule has 0 amide bonds. The van der Waals surface area contributed by atoms with Gasteiger partial charge >= 0.3 is 0 Å². The Morgan fingerprint density at radius 2 is 1.48 bits per heavy atom. The lowest BCUT2D eigenvalue weighted by Crippen LogP contribution is -2.26. The molecule has 0 heterocycles. The van der Waals surface area contributed by atoms with E-state index in [0.717, 1.165) is 0 Å².